The van der Waals surface area contributed by atoms with Gasteiger partial charge in [-0.3, -0.25) is 4.90 Å². The SMILES string of the molecule is CC1CSCCN1CCCC1CCNC1. The summed E-state index contributed by atoms with van der Waals surface area (Å²) in [7, 11) is 0. The normalized spacial score (nSPS) is 33.4. The Morgan fingerprint density at radius 2 is 2.40 bits per heavy atom. The van der Waals surface area contributed by atoms with Crippen molar-refractivity contribution in [2.75, 3.05) is 37.7 Å². The molecule has 2 aliphatic heterocycles. The minimum atomic E-state index is 0.811. The van der Waals surface area contributed by atoms with E-state index in [-0.39, 0.29) is 0 Å². The highest BCUT2D eigenvalue weighted by Gasteiger charge is 2.19. The largest absolute Gasteiger partial charge is 0.316 e. The zero-order valence-corrected chi connectivity index (χ0v) is 10.7. The van der Waals surface area contributed by atoms with Crippen molar-refractivity contribution in [3.05, 3.63) is 0 Å². The van der Waals surface area contributed by atoms with E-state index in [2.05, 4.69) is 28.9 Å². The third kappa shape index (κ3) is 3.65. The predicted molar refractivity (Wildman–Crippen MR) is 68.6 cm³/mol. The average molecular weight is 228 g/mol. The van der Waals surface area contributed by atoms with Crippen LogP contribution in [-0.4, -0.2) is 48.6 Å². The van der Waals surface area contributed by atoms with Crippen molar-refractivity contribution >= 4 is 11.8 Å². The van der Waals surface area contributed by atoms with E-state index < -0.39 is 0 Å². The van der Waals surface area contributed by atoms with E-state index in [0.717, 1.165) is 12.0 Å². The summed E-state index contributed by atoms with van der Waals surface area (Å²) >= 11 is 2.11. The quantitative estimate of drug-likeness (QED) is 0.790. The molecule has 2 rings (SSSR count). The lowest BCUT2D eigenvalue weighted by atomic mass is 10.0. The number of nitrogens with zero attached hydrogens (tertiary/aromatic N) is 1. The van der Waals surface area contributed by atoms with Crippen molar-refractivity contribution in [1.82, 2.24) is 10.2 Å². The van der Waals surface area contributed by atoms with E-state index >= 15 is 0 Å². The van der Waals surface area contributed by atoms with E-state index in [9.17, 15) is 0 Å². The van der Waals surface area contributed by atoms with Crippen molar-refractivity contribution in [3.8, 4) is 0 Å². The van der Waals surface area contributed by atoms with Gasteiger partial charge in [0, 0.05) is 24.1 Å². The molecule has 2 heterocycles. The summed E-state index contributed by atoms with van der Waals surface area (Å²) < 4.78 is 0. The molecule has 2 nitrogen and oxygen atoms in total. The summed E-state index contributed by atoms with van der Waals surface area (Å²) in [5.74, 6) is 3.65. The fraction of sp³-hybridized carbons (Fsp3) is 1.00. The minimum absolute atomic E-state index is 0.811. The lowest BCUT2D eigenvalue weighted by molar-refractivity contribution is 0.223. The molecule has 0 aliphatic carbocycles. The monoisotopic (exact) mass is 228 g/mol. The zero-order valence-electron chi connectivity index (χ0n) is 9.87. The van der Waals surface area contributed by atoms with Gasteiger partial charge < -0.3 is 5.32 Å². The molecule has 15 heavy (non-hydrogen) atoms. The molecule has 0 aromatic carbocycles. The summed E-state index contributed by atoms with van der Waals surface area (Å²) in [4.78, 5) is 2.68. The van der Waals surface area contributed by atoms with Crippen LogP contribution in [0.25, 0.3) is 0 Å². The lowest BCUT2D eigenvalue weighted by Gasteiger charge is -2.33. The Kier molecular flexibility index (Phi) is 4.79. The fourth-order valence-electron chi connectivity index (χ4n) is 2.64. The van der Waals surface area contributed by atoms with E-state index in [1.54, 1.807) is 0 Å². The van der Waals surface area contributed by atoms with Gasteiger partial charge in [-0.2, -0.15) is 11.8 Å². The summed E-state index contributed by atoms with van der Waals surface area (Å²) in [5, 5.41) is 3.45. The molecule has 1 N–H and O–H groups in total. The fourth-order valence-corrected chi connectivity index (χ4v) is 3.72. The van der Waals surface area contributed by atoms with Gasteiger partial charge in [0.05, 0.1) is 0 Å². The van der Waals surface area contributed by atoms with Gasteiger partial charge in [-0.25, -0.2) is 0 Å². The molecule has 0 aromatic rings. The van der Waals surface area contributed by atoms with Gasteiger partial charge in [0.2, 0.25) is 0 Å². The van der Waals surface area contributed by atoms with Crippen LogP contribution >= 0.6 is 11.8 Å². The van der Waals surface area contributed by atoms with Crippen LogP contribution in [0, 0.1) is 5.92 Å². The molecular formula is C12H24N2S. The molecule has 0 aromatic heterocycles. The molecule has 2 unspecified atom stereocenters. The predicted octanol–water partition coefficient (Wildman–Crippen LogP) is 1.81. The first-order chi connectivity index (χ1) is 7.36. The van der Waals surface area contributed by atoms with Crippen molar-refractivity contribution in [2.45, 2.75) is 32.2 Å². The highest BCUT2D eigenvalue weighted by Crippen LogP contribution is 2.18. The molecule has 2 aliphatic rings. The molecule has 0 bridgehead atoms. The van der Waals surface area contributed by atoms with E-state index in [1.165, 1.54) is 56.9 Å². The third-order valence-corrected chi connectivity index (χ3v) is 4.91. The molecule has 0 amide bonds. The summed E-state index contributed by atoms with van der Waals surface area (Å²) in [5.41, 5.74) is 0. The van der Waals surface area contributed by atoms with E-state index in [1.807, 2.05) is 0 Å². The maximum Gasteiger partial charge on any atom is 0.0158 e. The first-order valence-electron chi connectivity index (χ1n) is 6.39. The van der Waals surface area contributed by atoms with Crippen molar-refractivity contribution in [2.24, 2.45) is 5.92 Å². The van der Waals surface area contributed by atoms with Crippen molar-refractivity contribution in [3.63, 3.8) is 0 Å². The third-order valence-electron chi connectivity index (χ3n) is 3.73. The molecule has 0 radical (unpaired) electrons. The molecule has 2 atom stereocenters. The first-order valence-corrected chi connectivity index (χ1v) is 7.54. The van der Waals surface area contributed by atoms with Gasteiger partial charge in [-0.1, -0.05) is 0 Å². The van der Waals surface area contributed by atoms with Gasteiger partial charge in [-0.15, -0.1) is 0 Å². The molecule has 3 heteroatoms. The van der Waals surface area contributed by atoms with Crippen LogP contribution in [0.5, 0.6) is 0 Å². The Labute approximate surface area is 98.2 Å². The summed E-state index contributed by atoms with van der Waals surface area (Å²) in [6.07, 6.45) is 4.25. The maximum atomic E-state index is 3.45. The zero-order chi connectivity index (χ0) is 10.5. The van der Waals surface area contributed by atoms with Crippen LogP contribution in [0.15, 0.2) is 0 Å². The molecule has 0 saturated carbocycles. The standard InChI is InChI=1S/C12H24N2S/c1-11-10-15-8-7-14(11)6-2-3-12-4-5-13-9-12/h11-13H,2-10H2,1H3. The van der Waals surface area contributed by atoms with Gasteiger partial charge in [0.1, 0.15) is 0 Å². The smallest absolute Gasteiger partial charge is 0.0158 e. The average Bonchev–Trinajstić information content (AvgIpc) is 2.74. The van der Waals surface area contributed by atoms with E-state index in [0.29, 0.717) is 0 Å². The second-order valence-corrected chi connectivity index (χ2v) is 6.11. The Morgan fingerprint density at radius 1 is 1.47 bits per heavy atom. The Hall–Kier alpha value is 0.270. The van der Waals surface area contributed by atoms with Crippen LogP contribution in [0.3, 0.4) is 0 Å². The second-order valence-electron chi connectivity index (χ2n) is 4.96. The molecule has 2 saturated heterocycles. The lowest BCUT2D eigenvalue weighted by Crippen LogP contribution is -2.40. The number of hydrogen-bond acceptors (Lipinski definition) is 3. The highest BCUT2D eigenvalue weighted by molar-refractivity contribution is 7.99. The molecule has 2 fully saturated rings. The van der Waals surface area contributed by atoms with E-state index in [4.69, 9.17) is 0 Å². The highest BCUT2D eigenvalue weighted by atomic mass is 32.2. The molecular weight excluding hydrogens is 204 g/mol. The minimum Gasteiger partial charge on any atom is -0.316 e. The van der Waals surface area contributed by atoms with Gasteiger partial charge in [0.15, 0.2) is 0 Å². The first kappa shape index (κ1) is 11.7. The van der Waals surface area contributed by atoms with Crippen LogP contribution in [0.2, 0.25) is 0 Å². The van der Waals surface area contributed by atoms with Crippen molar-refractivity contribution < 1.29 is 0 Å². The van der Waals surface area contributed by atoms with Gasteiger partial charge in [-0.05, 0) is 51.7 Å². The number of rotatable bonds is 4. The number of thioether (sulfide) groups is 1. The molecule has 88 valence electrons. The van der Waals surface area contributed by atoms with Gasteiger partial charge in [0.25, 0.3) is 0 Å². The maximum absolute atomic E-state index is 3.45. The Balaban J connectivity index is 1.59. The van der Waals surface area contributed by atoms with Gasteiger partial charge >= 0.3 is 0 Å². The number of hydrogen-bond donors (Lipinski definition) is 1. The number of nitrogens with one attached hydrogen (secondary N) is 1. The van der Waals surface area contributed by atoms with Crippen LogP contribution in [0.4, 0.5) is 0 Å². The molecule has 0 spiro atoms. The summed E-state index contributed by atoms with van der Waals surface area (Å²) in [6.45, 7) is 7.54. The van der Waals surface area contributed by atoms with Crippen LogP contribution in [0.1, 0.15) is 26.2 Å². The Morgan fingerprint density at radius 3 is 3.13 bits per heavy atom. The topological polar surface area (TPSA) is 15.3 Å². The second kappa shape index (κ2) is 6.12. The summed E-state index contributed by atoms with van der Waals surface area (Å²) in [6, 6.07) is 0.811. The van der Waals surface area contributed by atoms with Crippen LogP contribution in [-0.2, 0) is 0 Å². The van der Waals surface area contributed by atoms with Crippen molar-refractivity contribution in [1.29, 1.82) is 0 Å². The Bertz CT molecular complexity index is 180. The van der Waals surface area contributed by atoms with Crippen LogP contribution < -0.4 is 5.32 Å².